The number of aliphatic hydroxyl groups excluding tert-OH is 1. The van der Waals surface area contributed by atoms with Crippen molar-refractivity contribution < 1.29 is 23.0 Å². The molecule has 1 aromatic rings. The largest absolute Gasteiger partial charge is 0.497 e. The Morgan fingerprint density at radius 1 is 1.39 bits per heavy atom. The number of alkyl halides is 2. The van der Waals surface area contributed by atoms with Crippen molar-refractivity contribution in [2.75, 3.05) is 26.8 Å². The monoisotopic (exact) mass is 263 g/mol. The highest BCUT2D eigenvalue weighted by molar-refractivity contribution is 5.28. The zero-order chi connectivity index (χ0) is 13.5. The summed E-state index contributed by atoms with van der Waals surface area (Å²) in [6, 6.07) is 4.26. The second-order valence-electron chi connectivity index (χ2n) is 3.81. The van der Waals surface area contributed by atoms with Gasteiger partial charge >= 0.3 is 0 Å². The minimum atomic E-state index is -2.52. The van der Waals surface area contributed by atoms with Crippen molar-refractivity contribution in [2.24, 2.45) is 0 Å². The summed E-state index contributed by atoms with van der Waals surface area (Å²) in [7, 11) is 1.42. The van der Waals surface area contributed by atoms with E-state index in [-0.39, 0.29) is 19.7 Å². The summed E-state index contributed by atoms with van der Waals surface area (Å²) < 4.78 is 43.1. The smallest absolute Gasteiger partial charge is 0.251 e. The molecule has 1 rings (SSSR count). The minimum absolute atomic E-state index is 0.0285. The number of halogens is 3. The molecule has 0 atom stereocenters. The molecule has 0 saturated carbocycles. The van der Waals surface area contributed by atoms with Crippen LogP contribution in [0.25, 0.3) is 0 Å². The first kappa shape index (κ1) is 14.8. The van der Waals surface area contributed by atoms with Crippen molar-refractivity contribution in [3.05, 3.63) is 29.6 Å². The maximum atomic E-state index is 13.6. The van der Waals surface area contributed by atoms with Gasteiger partial charge in [-0.2, -0.15) is 0 Å². The molecule has 0 aliphatic heterocycles. The van der Waals surface area contributed by atoms with Gasteiger partial charge in [-0.15, -0.1) is 0 Å². The van der Waals surface area contributed by atoms with Gasteiger partial charge < -0.3 is 9.84 Å². The Hall–Kier alpha value is -1.27. The van der Waals surface area contributed by atoms with Gasteiger partial charge in [0.2, 0.25) is 0 Å². The van der Waals surface area contributed by atoms with E-state index < -0.39 is 18.8 Å². The van der Waals surface area contributed by atoms with E-state index in [9.17, 15) is 13.2 Å². The van der Waals surface area contributed by atoms with Crippen molar-refractivity contribution in [2.45, 2.75) is 13.0 Å². The third-order valence-electron chi connectivity index (χ3n) is 2.47. The predicted octanol–water partition coefficient (Wildman–Crippen LogP) is 1.89. The first-order valence-corrected chi connectivity index (χ1v) is 5.50. The van der Waals surface area contributed by atoms with Gasteiger partial charge in [0.1, 0.15) is 11.6 Å². The summed E-state index contributed by atoms with van der Waals surface area (Å²) in [5, 5.41) is 8.78. The summed E-state index contributed by atoms with van der Waals surface area (Å²) >= 11 is 0. The molecule has 18 heavy (non-hydrogen) atoms. The average Bonchev–Trinajstić information content (AvgIpc) is 2.31. The van der Waals surface area contributed by atoms with Gasteiger partial charge in [-0.3, -0.25) is 4.90 Å². The topological polar surface area (TPSA) is 32.7 Å². The van der Waals surface area contributed by atoms with Gasteiger partial charge in [-0.25, -0.2) is 13.2 Å². The Labute approximate surface area is 104 Å². The number of nitrogens with zero attached hydrogens (tertiary/aromatic N) is 1. The molecule has 1 aromatic carbocycles. The van der Waals surface area contributed by atoms with Crippen molar-refractivity contribution in [3.8, 4) is 5.75 Å². The maximum absolute atomic E-state index is 13.6. The van der Waals surface area contributed by atoms with E-state index in [0.717, 1.165) is 0 Å². The number of benzene rings is 1. The van der Waals surface area contributed by atoms with E-state index in [4.69, 9.17) is 9.84 Å². The quantitative estimate of drug-likeness (QED) is 0.815. The standard InChI is InChI=1S/C12H16F3NO2/c1-18-10-3-2-9(11(13)6-10)7-16(4-5-17)8-12(14)15/h2-3,6,12,17H,4-5,7-8H2,1H3. The fourth-order valence-corrected chi connectivity index (χ4v) is 1.60. The number of ether oxygens (including phenoxy) is 1. The second-order valence-corrected chi connectivity index (χ2v) is 3.81. The maximum Gasteiger partial charge on any atom is 0.251 e. The highest BCUT2D eigenvalue weighted by Crippen LogP contribution is 2.18. The summed E-state index contributed by atoms with van der Waals surface area (Å²) in [6.07, 6.45) is -2.52. The van der Waals surface area contributed by atoms with Crippen LogP contribution in [-0.4, -0.2) is 43.2 Å². The molecular weight excluding hydrogens is 247 g/mol. The highest BCUT2D eigenvalue weighted by atomic mass is 19.3. The van der Waals surface area contributed by atoms with Crippen molar-refractivity contribution in [1.82, 2.24) is 4.90 Å². The fourth-order valence-electron chi connectivity index (χ4n) is 1.60. The molecule has 1 N–H and O–H groups in total. The summed E-state index contributed by atoms with van der Waals surface area (Å²) in [5.74, 6) is -0.134. The molecular formula is C12H16F3NO2. The van der Waals surface area contributed by atoms with Crippen LogP contribution < -0.4 is 4.74 Å². The van der Waals surface area contributed by atoms with E-state index in [2.05, 4.69) is 0 Å². The van der Waals surface area contributed by atoms with Crippen molar-refractivity contribution >= 4 is 0 Å². The Bertz CT molecular complexity index is 374. The van der Waals surface area contributed by atoms with Gasteiger partial charge in [0.15, 0.2) is 0 Å². The second kappa shape index (κ2) is 7.23. The first-order valence-electron chi connectivity index (χ1n) is 5.50. The molecule has 6 heteroatoms. The number of aliphatic hydroxyl groups is 1. The van der Waals surface area contributed by atoms with Crippen LogP contribution in [0.1, 0.15) is 5.56 Å². The van der Waals surface area contributed by atoms with Crippen LogP contribution >= 0.6 is 0 Å². The molecule has 0 aliphatic carbocycles. The summed E-state index contributed by atoms with van der Waals surface area (Å²) in [4.78, 5) is 1.30. The van der Waals surface area contributed by atoms with Gasteiger partial charge in [-0.05, 0) is 6.07 Å². The van der Waals surface area contributed by atoms with E-state index in [1.807, 2.05) is 0 Å². The van der Waals surface area contributed by atoms with Crippen LogP contribution in [0.4, 0.5) is 13.2 Å². The predicted molar refractivity (Wildman–Crippen MR) is 61.3 cm³/mol. The Balaban J connectivity index is 2.73. The molecule has 0 radical (unpaired) electrons. The molecule has 0 unspecified atom stereocenters. The number of methoxy groups -OCH3 is 1. The Morgan fingerprint density at radius 3 is 2.61 bits per heavy atom. The molecule has 0 spiro atoms. The molecule has 0 aromatic heterocycles. The molecule has 0 aliphatic rings. The first-order chi connectivity index (χ1) is 8.56. The third kappa shape index (κ3) is 4.54. The van der Waals surface area contributed by atoms with Crippen LogP contribution in [-0.2, 0) is 6.54 Å². The Morgan fingerprint density at radius 2 is 2.11 bits per heavy atom. The lowest BCUT2D eigenvalue weighted by Crippen LogP contribution is -2.31. The van der Waals surface area contributed by atoms with Crippen LogP contribution in [0.15, 0.2) is 18.2 Å². The molecule has 102 valence electrons. The van der Waals surface area contributed by atoms with Gasteiger partial charge in [0.25, 0.3) is 6.43 Å². The fraction of sp³-hybridized carbons (Fsp3) is 0.500. The van der Waals surface area contributed by atoms with Crippen LogP contribution in [0.2, 0.25) is 0 Å². The van der Waals surface area contributed by atoms with E-state index in [1.54, 1.807) is 6.07 Å². The van der Waals surface area contributed by atoms with Crippen molar-refractivity contribution in [3.63, 3.8) is 0 Å². The summed E-state index contributed by atoms with van der Waals surface area (Å²) in [5.41, 5.74) is 0.296. The SMILES string of the molecule is COc1ccc(CN(CCO)CC(F)F)c(F)c1. The molecule has 0 heterocycles. The lowest BCUT2D eigenvalue weighted by atomic mass is 10.2. The van der Waals surface area contributed by atoms with Crippen LogP contribution in [0.5, 0.6) is 5.75 Å². The number of hydrogen-bond donors (Lipinski definition) is 1. The van der Waals surface area contributed by atoms with E-state index >= 15 is 0 Å². The van der Waals surface area contributed by atoms with E-state index in [0.29, 0.717) is 11.3 Å². The number of hydrogen-bond acceptors (Lipinski definition) is 3. The zero-order valence-corrected chi connectivity index (χ0v) is 10.1. The minimum Gasteiger partial charge on any atom is -0.497 e. The summed E-state index contributed by atoms with van der Waals surface area (Å²) in [6.45, 7) is -0.632. The lowest BCUT2D eigenvalue weighted by Gasteiger charge is -2.21. The van der Waals surface area contributed by atoms with Gasteiger partial charge in [0, 0.05) is 24.7 Å². The van der Waals surface area contributed by atoms with Crippen LogP contribution in [0.3, 0.4) is 0 Å². The van der Waals surface area contributed by atoms with Gasteiger partial charge in [0.05, 0.1) is 20.3 Å². The number of rotatable bonds is 7. The normalized spacial score (nSPS) is 11.3. The highest BCUT2D eigenvalue weighted by Gasteiger charge is 2.14. The van der Waals surface area contributed by atoms with Crippen LogP contribution in [0, 0.1) is 5.82 Å². The molecule has 0 saturated heterocycles. The van der Waals surface area contributed by atoms with Crippen molar-refractivity contribution in [1.29, 1.82) is 0 Å². The third-order valence-corrected chi connectivity index (χ3v) is 2.47. The molecule has 3 nitrogen and oxygen atoms in total. The zero-order valence-electron chi connectivity index (χ0n) is 10.1. The lowest BCUT2D eigenvalue weighted by molar-refractivity contribution is 0.0740. The van der Waals surface area contributed by atoms with E-state index in [1.165, 1.54) is 24.1 Å². The average molecular weight is 263 g/mol. The molecule has 0 bridgehead atoms. The van der Waals surface area contributed by atoms with Gasteiger partial charge in [-0.1, -0.05) is 6.07 Å². The molecule has 0 fully saturated rings. The Kier molecular flexibility index (Phi) is 5.94. The molecule has 0 amide bonds.